The van der Waals surface area contributed by atoms with Gasteiger partial charge in [0, 0.05) is 72.9 Å². The van der Waals surface area contributed by atoms with Crippen molar-refractivity contribution in [1.29, 1.82) is 0 Å². The number of hydrogen-bond donors (Lipinski definition) is 3. The summed E-state index contributed by atoms with van der Waals surface area (Å²) in [6.07, 6.45) is 3.31. The molecule has 12 heteroatoms. The summed E-state index contributed by atoms with van der Waals surface area (Å²) >= 11 is 7.54. The number of carbonyl (C=O) groups excluding carboxylic acids is 3. The van der Waals surface area contributed by atoms with Crippen LogP contribution in [0.5, 0.6) is 0 Å². The fraction of sp³-hybridized carbons (Fsp3) is 0.481. The van der Waals surface area contributed by atoms with Crippen LogP contribution in [0.15, 0.2) is 24.3 Å². The summed E-state index contributed by atoms with van der Waals surface area (Å²) in [4.78, 5) is 51.7. The number of hydrogen-bond acceptors (Lipinski definition) is 6. The second kappa shape index (κ2) is 12.2. The molecule has 0 unspecified atom stereocenters. The maximum absolute atomic E-state index is 13.3. The number of nitrogens with one attached hydrogen (secondary N) is 3. The molecule has 1 aliphatic heterocycles. The molecular formula is C27H34Cl2N6O3S. The van der Waals surface area contributed by atoms with Crippen molar-refractivity contribution in [2.75, 3.05) is 27.7 Å². The first-order valence-corrected chi connectivity index (χ1v) is 14.1. The van der Waals surface area contributed by atoms with E-state index in [4.69, 9.17) is 11.6 Å². The van der Waals surface area contributed by atoms with E-state index in [-0.39, 0.29) is 48.1 Å². The Labute approximate surface area is 243 Å². The second-order valence-electron chi connectivity index (χ2n) is 10.6. The van der Waals surface area contributed by atoms with Gasteiger partial charge in [0.25, 0.3) is 11.8 Å². The van der Waals surface area contributed by atoms with Crippen molar-refractivity contribution < 1.29 is 14.4 Å². The fourth-order valence-corrected chi connectivity index (χ4v) is 6.60. The number of aromatic nitrogens is 2. The third-order valence-corrected chi connectivity index (χ3v) is 8.81. The predicted octanol–water partition coefficient (Wildman–Crippen LogP) is 3.86. The van der Waals surface area contributed by atoms with Gasteiger partial charge in [0.2, 0.25) is 5.91 Å². The summed E-state index contributed by atoms with van der Waals surface area (Å²) in [7, 11) is 5.57. The van der Waals surface area contributed by atoms with Crippen molar-refractivity contribution in [3.63, 3.8) is 0 Å². The fourth-order valence-electron chi connectivity index (χ4n) is 5.33. The van der Waals surface area contributed by atoms with Crippen LogP contribution in [-0.4, -0.2) is 77.3 Å². The molecule has 1 aliphatic carbocycles. The highest BCUT2D eigenvalue weighted by molar-refractivity contribution is 7.13. The summed E-state index contributed by atoms with van der Waals surface area (Å²) in [5.41, 5.74) is 2.27. The summed E-state index contributed by atoms with van der Waals surface area (Å²) in [6, 6.07) is 6.62. The average Bonchev–Trinajstić information content (AvgIpc) is 3.49. The number of aromatic amines is 1. The van der Waals surface area contributed by atoms with Crippen LogP contribution < -0.4 is 10.6 Å². The molecule has 0 radical (unpaired) electrons. The van der Waals surface area contributed by atoms with Crippen LogP contribution in [-0.2, 0) is 17.8 Å². The minimum Gasteiger partial charge on any atom is -0.351 e. The van der Waals surface area contributed by atoms with E-state index in [1.165, 1.54) is 11.3 Å². The molecule has 2 aromatic heterocycles. The number of nitrogens with zero attached hydrogens (tertiary/aromatic N) is 3. The molecule has 1 saturated carbocycles. The summed E-state index contributed by atoms with van der Waals surface area (Å²) in [6.45, 7) is 1.73. The third kappa shape index (κ3) is 6.74. The number of fused-ring (bicyclic) bond motifs is 2. The maximum atomic E-state index is 13.3. The number of likely N-dealkylation sites (N-methyl/N-ethyl adjacent to an activating group) is 1. The molecule has 3 N–H and O–H groups in total. The highest BCUT2D eigenvalue weighted by Gasteiger charge is 2.35. The minimum absolute atomic E-state index is 0. The molecule has 39 heavy (non-hydrogen) atoms. The summed E-state index contributed by atoms with van der Waals surface area (Å²) in [5.74, 6) is -0.277. The number of rotatable bonds is 6. The lowest BCUT2D eigenvalue weighted by Crippen LogP contribution is -2.54. The number of halogens is 2. The number of H-pyrrole nitrogens is 1. The molecule has 5 rings (SSSR count). The Hall–Kier alpha value is -2.66. The number of carbonyl (C=O) groups is 3. The first-order valence-electron chi connectivity index (χ1n) is 12.9. The van der Waals surface area contributed by atoms with Crippen LogP contribution >= 0.6 is 35.3 Å². The Kier molecular flexibility index (Phi) is 9.21. The first-order chi connectivity index (χ1) is 18.2. The molecule has 3 heterocycles. The lowest BCUT2D eigenvalue weighted by Gasteiger charge is -2.37. The first kappa shape index (κ1) is 29.3. The molecule has 1 fully saturated rings. The lowest BCUT2D eigenvalue weighted by atomic mass is 9.80. The largest absolute Gasteiger partial charge is 0.351 e. The molecule has 3 atom stereocenters. The van der Waals surface area contributed by atoms with E-state index >= 15 is 0 Å². The van der Waals surface area contributed by atoms with Gasteiger partial charge in [-0.1, -0.05) is 11.6 Å². The molecule has 210 valence electrons. The molecule has 9 nitrogen and oxygen atoms in total. The molecular weight excluding hydrogens is 559 g/mol. The van der Waals surface area contributed by atoms with Crippen LogP contribution in [0.3, 0.4) is 0 Å². The van der Waals surface area contributed by atoms with Crippen molar-refractivity contribution >= 4 is 64.0 Å². The minimum atomic E-state index is -0.317. The van der Waals surface area contributed by atoms with Gasteiger partial charge in [-0.25, -0.2) is 4.98 Å². The molecule has 0 saturated heterocycles. The highest BCUT2D eigenvalue weighted by atomic mass is 35.5. The van der Waals surface area contributed by atoms with E-state index in [0.29, 0.717) is 35.0 Å². The average molecular weight is 594 g/mol. The highest BCUT2D eigenvalue weighted by Crippen LogP contribution is 2.30. The van der Waals surface area contributed by atoms with Crippen LogP contribution in [0.25, 0.3) is 10.9 Å². The van der Waals surface area contributed by atoms with Crippen LogP contribution in [0.2, 0.25) is 5.02 Å². The van der Waals surface area contributed by atoms with Gasteiger partial charge in [-0.15, -0.1) is 23.7 Å². The van der Waals surface area contributed by atoms with Crippen LogP contribution in [0.1, 0.15) is 56.5 Å². The number of amides is 3. The van der Waals surface area contributed by atoms with Gasteiger partial charge in [0.15, 0.2) is 5.01 Å². The van der Waals surface area contributed by atoms with Gasteiger partial charge >= 0.3 is 0 Å². The molecule has 0 bridgehead atoms. The number of thiazole rings is 1. The molecule has 3 aromatic rings. The zero-order valence-corrected chi connectivity index (χ0v) is 24.6. The normalized spacial score (nSPS) is 21.1. The Morgan fingerprint density at radius 1 is 1.15 bits per heavy atom. The van der Waals surface area contributed by atoms with E-state index in [1.54, 1.807) is 31.1 Å². The topological polar surface area (TPSA) is 110 Å². The van der Waals surface area contributed by atoms with Crippen molar-refractivity contribution in [1.82, 2.24) is 30.4 Å². The second-order valence-corrected chi connectivity index (χ2v) is 12.1. The SMILES string of the molecule is CN1CCc2nc(C(=O)N[C@@H]3C[C@@H](CC(=O)N(C)C)CC[C@@H]3NC(=O)c3cc4cc(Cl)ccc4[nH]3)sc2C1.Cl. The zero-order valence-electron chi connectivity index (χ0n) is 22.3. The van der Waals surface area contributed by atoms with Gasteiger partial charge < -0.3 is 25.4 Å². The Morgan fingerprint density at radius 3 is 2.69 bits per heavy atom. The van der Waals surface area contributed by atoms with Crippen molar-refractivity contribution in [2.45, 2.75) is 50.7 Å². The van der Waals surface area contributed by atoms with Crippen molar-refractivity contribution in [3.05, 3.63) is 50.6 Å². The van der Waals surface area contributed by atoms with Crippen molar-refractivity contribution in [2.24, 2.45) is 5.92 Å². The Morgan fingerprint density at radius 2 is 1.92 bits per heavy atom. The maximum Gasteiger partial charge on any atom is 0.280 e. The summed E-state index contributed by atoms with van der Waals surface area (Å²) in [5, 5.41) is 8.20. The quantitative estimate of drug-likeness (QED) is 0.402. The van der Waals surface area contributed by atoms with Crippen molar-refractivity contribution in [3.8, 4) is 0 Å². The van der Waals surface area contributed by atoms with E-state index in [2.05, 4.69) is 32.5 Å². The van der Waals surface area contributed by atoms with Gasteiger partial charge in [-0.3, -0.25) is 14.4 Å². The van der Waals surface area contributed by atoms with Crippen LogP contribution in [0, 0.1) is 5.92 Å². The van der Waals surface area contributed by atoms with Crippen LogP contribution in [0.4, 0.5) is 0 Å². The summed E-state index contributed by atoms with van der Waals surface area (Å²) < 4.78 is 0. The predicted molar refractivity (Wildman–Crippen MR) is 156 cm³/mol. The Bertz CT molecular complexity index is 1370. The van der Waals surface area contributed by atoms with Gasteiger partial charge in [0.05, 0.1) is 5.69 Å². The van der Waals surface area contributed by atoms with Gasteiger partial charge in [0.1, 0.15) is 5.69 Å². The number of benzene rings is 1. The van der Waals surface area contributed by atoms with Gasteiger partial charge in [-0.2, -0.15) is 0 Å². The van der Waals surface area contributed by atoms with E-state index in [0.717, 1.165) is 47.4 Å². The smallest absolute Gasteiger partial charge is 0.280 e. The van der Waals surface area contributed by atoms with E-state index in [9.17, 15) is 14.4 Å². The monoisotopic (exact) mass is 592 g/mol. The third-order valence-electron chi connectivity index (χ3n) is 7.50. The zero-order chi connectivity index (χ0) is 27.0. The molecule has 3 amide bonds. The molecule has 2 aliphatic rings. The standard InChI is InChI=1S/C27H33ClN6O3S.ClH/c1-33(2)24(35)11-15-4-6-19(30-25(36)22-13-16-12-17(28)5-7-18(16)29-22)21(10-15)31-26(37)27-32-20-8-9-34(3)14-23(20)38-27;/h5,7,12-13,15,19,21,29H,4,6,8-11,14H2,1-3H3,(H,30,36)(H,31,37);1H/t15-,19-,21+;/m0./s1. The lowest BCUT2D eigenvalue weighted by molar-refractivity contribution is -0.130. The van der Waals surface area contributed by atoms with E-state index in [1.807, 2.05) is 12.1 Å². The molecule has 0 spiro atoms. The van der Waals surface area contributed by atoms with E-state index < -0.39 is 0 Å². The molecule has 1 aromatic carbocycles. The van der Waals surface area contributed by atoms with Gasteiger partial charge in [-0.05, 0) is 56.5 Å². The Balaban J connectivity index is 0.00000353.